The number of nitrogens with zero attached hydrogens (tertiary/aromatic N) is 5. The van der Waals surface area contributed by atoms with Crippen LogP contribution in [-0.2, 0) is 0 Å². The summed E-state index contributed by atoms with van der Waals surface area (Å²) in [6.45, 7) is 0. The molecule has 0 aliphatic carbocycles. The first-order valence-corrected chi connectivity index (χ1v) is 19.9. The van der Waals surface area contributed by atoms with Crippen molar-refractivity contribution < 1.29 is 0 Å². The van der Waals surface area contributed by atoms with Gasteiger partial charge in [0.05, 0.1) is 34.2 Å². The summed E-state index contributed by atoms with van der Waals surface area (Å²) in [6, 6.07) is 74.6. The highest BCUT2D eigenvalue weighted by Crippen LogP contribution is 2.37. The molecule has 0 aliphatic rings. The Morgan fingerprint density at radius 3 is 1.50 bits per heavy atom. The molecule has 2 heterocycles. The lowest BCUT2D eigenvalue weighted by atomic mass is 9.93. The summed E-state index contributed by atoms with van der Waals surface area (Å²) >= 11 is 0. The first kappa shape index (κ1) is 36.0. The molecule has 0 saturated carbocycles. The quantitative estimate of drug-likeness (QED) is 0.154. The van der Waals surface area contributed by atoms with Crippen LogP contribution in [-0.4, -0.2) is 19.9 Å². The zero-order valence-corrected chi connectivity index (χ0v) is 32.4. The van der Waals surface area contributed by atoms with Crippen LogP contribution >= 0.6 is 0 Å². The van der Waals surface area contributed by atoms with E-state index >= 15 is 0 Å². The van der Waals surface area contributed by atoms with E-state index in [1.807, 2.05) is 103 Å². The minimum absolute atomic E-state index is 0.634. The Morgan fingerprint density at radius 2 is 0.817 bits per heavy atom. The largest absolute Gasteiger partial charge is 0.228 e. The fourth-order valence-corrected chi connectivity index (χ4v) is 7.70. The van der Waals surface area contributed by atoms with Gasteiger partial charge in [-0.3, -0.25) is 0 Å². The van der Waals surface area contributed by atoms with Gasteiger partial charge < -0.3 is 0 Å². The van der Waals surface area contributed by atoms with Gasteiger partial charge in [-0.15, -0.1) is 0 Å². The van der Waals surface area contributed by atoms with E-state index in [0.717, 1.165) is 89.2 Å². The van der Waals surface area contributed by atoms with Gasteiger partial charge >= 0.3 is 0 Å². The third-order valence-corrected chi connectivity index (χ3v) is 10.8. The fraction of sp³-hybridized carbons (Fsp3) is 0. The van der Waals surface area contributed by atoms with Crippen molar-refractivity contribution in [1.29, 1.82) is 5.26 Å². The molecule has 0 radical (unpaired) electrons. The third kappa shape index (κ3) is 7.22. The van der Waals surface area contributed by atoms with E-state index < -0.39 is 0 Å². The van der Waals surface area contributed by atoms with Gasteiger partial charge in [0.1, 0.15) is 0 Å². The fourth-order valence-electron chi connectivity index (χ4n) is 7.70. The molecule has 0 amide bonds. The second-order valence-electron chi connectivity index (χ2n) is 14.6. The lowest BCUT2D eigenvalue weighted by Gasteiger charge is -2.14. The Kier molecular flexibility index (Phi) is 9.55. The van der Waals surface area contributed by atoms with Crippen molar-refractivity contribution in [3.63, 3.8) is 0 Å². The topological polar surface area (TPSA) is 75.3 Å². The molecule has 0 atom stereocenters. The monoisotopic (exact) mass is 765 g/mol. The van der Waals surface area contributed by atoms with E-state index in [4.69, 9.17) is 19.9 Å². The number of hydrogen-bond acceptors (Lipinski definition) is 5. The number of fused-ring (bicyclic) bond motifs is 1. The van der Waals surface area contributed by atoms with Gasteiger partial charge in [-0.1, -0.05) is 176 Å². The summed E-state index contributed by atoms with van der Waals surface area (Å²) in [5, 5.41) is 10.3. The Hall–Kier alpha value is -8.33. The molecule has 5 heteroatoms. The molecule has 0 spiro atoms. The summed E-state index contributed by atoms with van der Waals surface area (Å²) < 4.78 is 0. The van der Waals surface area contributed by atoms with Gasteiger partial charge in [-0.2, -0.15) is 5.26 Å². The highest BCUT2D eigenvalue weighted by Gasteiger charge is 2.16. The van der Waals surface area contributed by atoms with E-state index in [1.54, 1.807) is 0 Å². The average Bonchev–Trinajstić information content (AvgIpc) is 3.34. The molecule has 0 unspecified atom stereocenters. The van der Waals surface area contributed by atoms with Crippen molar-refractivity contribution in [3.8, 4) is 96.0 Å². The predicted octanol–water partition coefficient (Wildman–Crippen LogP) is 13.6. The maximum atomic E-state index is 9.33. The lowest BCUT2D eigenvalue weighted by molar-refractivity contribution is 1.18. The van der Waals surface area contributed by atoms with Gasteiger partial charge in [0.25, 0.3) is 0 Å². The first-order chi connectivity index (χ1) is 29.7. The van der Waals surface area contributed by atoms with E-state index in [1.165, 1.54) is 0 Å². The van der Waals surface area contributed by atoms with Gasteiger partial charge in [0, 0.05) is 33.2 Å². The molecular weight excluding hydrogens is 731 g/mol. The van der Waals surface area contributed by atoms with Crippen LogP contribution < -0.4 is 0 Å². The second-order valence-corrected chi connectivity index (χ2v) is 14.6. The maximum absolute atomic E-state index is 9.33. The van der Waals surface area contributed by atoms with Crippen molar-refractivity contribution >= 4 is 10.9 Å². The Labute approximate surface area is 348 Å². The van der Waals surface area contributed by atoms with Gasteiger partial charge in [-0.25, -0.2) is 19.9 Å². The zero-order valence-electron chi connectivity index (χ0n) is 32.4. The van der Waals surface area contributed by atoms with Crippen molar-refractivity contribution in [1.82, 2.24) is 19.9 Å². The number of hydrogen-bond donors (Lipinski definition) is 0. The molecule has 0 saturated heterocycles. The zero-order chi connectivity index (χ0) is 40.3. The molecule has 5 nitrogen and oxygen atoms in total. The Bertz CT molecular complexity index is 3190. The number of aromatic nitrogens is 4. The molecule has 0 fully saturated rings. The molecule has 0 N–H and O–H groups in total. The minimum Gasteiger partial charge on any atom is -0.228 e. The second kappa shape index (κ2) is 15.9. The van der Waals surface area contributed by atoms with E-state index in [9.17, 15) is 5.26 Å². The SMILES string of the molecule is N#Cc1ccc(-c2cccc(-c3cc(-c4ccccc4-c4cccc(-c5ccc(-c6nc(-c7ccccc7)nc7ccccc67)cc5)c4)nc(-c4ccccc4)n3)c2)cc1. The van der Waals surface area contributed by atoms with E-state index in [2.05, 4.69) is 115 Å². The van der Waals surface area contributed by atoms with Crippen LogP contribution in [0.4, 0.5) is 0 Å². The summed E-state index contributed by atoms with van der Waals surface area (Å²) in [5.74, 6) is 1.37. The smallest absolute Gasteiger partial charge is 0.160 e. The van der Waals surface area contributed by atoms with Crippen LogP contribution in [0.15, 0.2) is 212 Å². The summed E-state index contributed by atoms with van der Waals surface area (Å²) in [6.07, 6.45) is 0. The van der Waals surface area contributed by atoms with Crippen LogP contribution in [0, 0.1) is 11.3 Å². The standard InChI is InChI=1S/C55H35N5/c56-36-37-25-27-38(28-26-37)44-18-12-20-46(34-44)51-35-52(59-54(58-51)41-13-3-1-4-14-41)48-22-8-7-21-47(48)45-19-11-17-43(33-45)39-29-31-40(32-30-39)53-49-23-9-10-24-50(49)57-55(60-53)42-15-5-2-6-16-42/h1-35H. The summed E-state index contributed by atoms with van der Waals surface area (Å²) in [7, 11) is 0. The van der Waals surface area contributed by atoms with Gasteiger partial charge in [0.15, 0.2) is 11.6 Å². The number of nitriles is 1. The Morgan fingerprint density at radius 1 is 0.317 bits per heavy atom. The van der Waals surface area contributed by atoms with E-state index in [-0.39, 0.29) is 0 Å². The van der Waals surface area contributed by atoms with Crippen LogP contribution in [0.1, 0.15) is 5.56 Å². The van der Waals surface area contributed by atoms with Crippen molar-refractivity contribution in [2.75, 3.05) is 0 Å². The number of rotatable bonds is 8. The van der Waals surface area contributed by atoms with Crippen molar-refractivity contribution in [2.24, 2.45) is 0 Å². The molecular formula is C55H35N5. The minimum atomic E-state index is 0.634. The molecule has 280 valence electrons. The molecule has 0 aliphatic heterocycles. The number of benzene rings is 8. The molecule has 10 aromatic rings. The van der Waals surface area contributed by atoms with Crippen LogP contribution in [0.2, 0.25) is 0 Å². The maximum Gasteiger partial charge on any atom is 0.160 e. The Balaban J connectivity index is 1.02. The van der Waals surface area contributed by atoms with E-state index in [0.29, 0.717) is 17.2 Å². The third-order valence-electron chi connectivity index (χ3n) is 10.8. The van der Waals surface area contributed by atoms with Gasteiger partial charge in [0.2, 0.25) is 0 Å². The lowest BCUT2D eigenvalue weighted by Crippen LogP contribution is -1.97. The van der Waals surface area contributed by atoms with Crippen LogP contribution in [0.3, 0.4) is 0 Å². The van der Waals surface area contributed by atoms with Crippen LogP contribution in [0.5, 0.6) is 0 Å². The molecule has 2 aromatic heterocycles. The molecule has 8 aromatic carbocycles. The van der Waals surface area contributed by atoms with Crippen molar-refractivity contribution in [3.05, 3.63) is 218 Å². The molecule has 10 rings (SSSR count). The average molecular weight is 766 g/mol. The molecule has 60 heavy (non-hydrogen) atoms. The van der Waals surface area contributed by atoms with Crippen molar-refractivity contribution in [2.45, 2.75) is 0 Å². The van der Waals surface area contributed by atoms with Gasteiger partial charge in [-0.05, 0) is 69.8 Å². The number of para-hydroxylation sites is 1. The van der Waals surface area contributed by atoms with Crippen LogP contribution in [0.25, 0.3) is 101 Å². The summed E-state index contributed by atoms with van der Waals surface area (Å²) in [4.78, 5) is 20.3. The first-order valence-electron chi connectivity index (χ1n) is 19.9. The highest BCUT2D eigenvalue weighted by molar-refractivity contribution is 5.94. The summed E-state index contributed by atoms with van der Waals surface area (Å²) in [5.41, 5.74) is 15.5. The predicted molar refractivity (Wildman–Crippen MR) is 243 cm³/mol. The normalized spacial score (nSPS) is 11.0. The highest BCUT2D eigenvalue weighted by atomic mass is 14.9. The molecule has 0 bridgehead atoms.